The van der Waals surface area contributed by atoms with E-state index in [9.17, 15) is 9.90 Å². The van der Waals surface area contributed by atoms with E-state index < -0.39 is 5.92 Å². The number of hydrogen-bond acceptors (Lipinski definition) is 3. The summed E-state index contributed by atoms with van der Waals surface area (Å²) in [6.07, 6.45) is 1.43. The average molecular weight is 330 g/mol. The molecule has 0 aromatic heterocycles. The van der Waals surface area contributed by atoms with Crippen molar-refractivity contribution in [3.63, 3.8) is 0 Å². The third kappa shape index (κ3) is 4.12. The minimum Gasteiger partial charge on any atom is -0.507 e. The summed E-state index contributed by atoms with van der Waals surface area (Å²) in [5.41, 5.74) is 4.90. The number of nitrogens with zero attached hydrogens (tertiary/aromatic N) is 1. The zero-order chi connectivity index (χ0) is 17.5. The number of hydrogen-bond donors (Lipinski definition) is 2. The first kappa shape index (κ1) is 16.5. The highest BCUT2D eigenvalue weighted by atomic mass is 16.3. The van der Waals surface area contributed by atoms with Crippen LogP contribution in [0.2, 0.25) is 0 Å². The third-order valence-electron chi connectivity index (χ3n) is 3.84. The fourth-order valence-electron chi connectivity index (χ4n) is 2.61. The van der Waals surface area contributed by atoms with Crippen LogP contribution in [0.25, 0.3) is 0 Å². The number of phenolic OH excluding ortho intramolecular Hbond substituents is 1. The van der Waals surface area contributed by atoms with Crippen LogP contribution in [-0.2, 0) is 4.79 Å². The Kier molecular flexibility index (Phi) is 5.22. The lowest BCUT2D eigenvalue weighted by Crippen LogP contribution is -2.26. The van der Waals surface area contributed by atoms with Gasteiger partial charge in [-0.05, 0) is 23.3 Å². The molecule has 0 saturated carbocycles. The van der Waals surface area contributed by atoms with Crippen LogP contribution in [0, 0.1) is 0 Å². The van der Waals surface area contributed by atoms with Gasteiger partial charge < -0.3 is 5.11 Å². The van der Waals surface area contributed by atoms with E-state index >= 15 is 0 Å². The largest absolute Gasteiger partial charge is 0.507 e. The smallest absolute Gasteiger partial charge is 0.252 e. The van der Waals surface area contributed by atoms with Gasteiger partial charge in [0.15, 0.2) is 0 Å². The predicted octanol–water partition coefficient (Wildman–Crippen LogP) is 3.67. The molecule has 0 heterocycles. The van der Waals surface area contributed by atoms with Crippen molar-refractivity contribution in [2.24, 2.45) is 5.10 Å². The number of hydrazone groups is 1. The van der Waals surface area contributed by atoms with Gasteiger partial charge in [-0.25, -0.2) is 5.43 Å². The van der Waals surface area contributed by atoms with Crippen molar-refractivity contribution < 1.29 is 9.90 Å². The maximum Gasteiger partial charge on any atom is 0.252 e. The van der Waals surface area contributed by atoms with E-state index in [2.05, 4.69) is 10.5 Å². The van der Waals surface area contributed by atoms with Crippen molar-refractivity contribution in [3.8, 4) is 5.75 Å². The van der Waals surface area contributed by atoms with Gasteiger partial charge in [0.05, 0.1) is 12.1 Å². The number of amides is 1. The Morgan fingerprint density at radius 3 is 1.92 bits per heavy atom. The molecule has 0 unspecified atom stereocenters. The highest BCUT2D eigenvalue weighted by molar-refractivity contribution is 5.89. The van der Waals surface area contributed by atoms with E-state index in [1.165, 1.54) is 6.21 Å². The standard InChI is InChI=1S/C21H18N2O2/c24-19-14-8-7-13-18(19)15-22-23-21(25)20(16-9-3-1-4-10-16)17-11-5-2-6-12-17/h1-15,20,24H,(H,23,25). The van der Waals surface area contributed by atoms with Gasteiger partial charge >= 0.3 is 0 Å². The Morgan fingerprint density at radius 1 is 0.840 bits per heavy atom. The van der Waals surface area contributed by atoms with Gasteiger partial charge in [-0.3, -0.25) is 4.79 Å². The first-order chi connectivity index (χ1) is 12.3. The molecule has 0 spiro atoms. The van der Waals surface area contributed by atoms with E-state index in [0.717, 1.165) is 11.1 Å². The van der Waals surface area contributed by atoms with Crippen LogP contribution in [0.15, 0.2) is 90.0 Å². The molecule has 0 aliphatic heterocycles. The van der Waals surface area contributed by atoms with Gasteiger partial charge in [0.1, 0.15) is 5.75 Å². The molecule has 0 radical (unpaired) electrons. The van der Waals surface area contributed by atoms with Crippen molar-refractivity contribution in [2.45, 2.75) is 5.92 Å². The normalized spacial score (nSPS) is 10.9. The maximum absolute atomic E-state index is 12.7. The van der Waals surface area contributed by atoms with Gasteiger partial charge in [-0.15, -0.1) is 0 Å². The quantitative estimate of drug-likeness (QED) is 0.554. The van der Waals surface area contributed by atoms with E-state index in [1.807, 2.05) is 60.7 Å². The molecule has 0 fully saturated rings. The number of carbonyl (C=O) groups is 1. The van der Waals surface area contributed by atoms with Crippen molar-refractivity contribution in [2.75, 3.05) is 0 Å². The molecule has 0 atom stereocenters. The number of rotatable bonds is 5. The Labute approximate surface area is 146 Å². The second-order valence-electron chi connectivity index (χ2n) is 5.55. The second-order valence-corrected chi connectivity index (χ2v) is 5.55. The van der Waals surface area contributed by atoms with Gasteiger partial charge in [-0.1, -0.05) is 72.8 Å². The summed E-state index contributed by atoms with van der Waals surface area (Å²) in [5.74, 6) is -0.573. The van der Waals surface area contributed by atoms with Crippen molar-refractivity contribution in [1.29, 1.82) is 0 Å². The zero-order valence-corrected chi connectivity index (χ0v) is 13.5. The Bertz CT molecular complexity index is 822. The van der Waals surface area contributed by atoms with Crippen LogP contribution >= 0.6 is 0 Å². The van der Waals surface area contributed by atoms with Gasteiger partial charge in [0.2, 0.25) is 0 Å². The van der Waals surface area contributed by atoms with Gasteiger partial charge in [-0.2, -0.15) is 5.10 Å². The van der Waals surface area contributed by atoms with Crippen LogP contribution < -0.4 is 5.43 Å². The lowest BCUT2D eigenvalue weighted by Gasteiger charge is -2.16. The van der Waals surface area contributed by atoms with Crippen LogP contribution in [0.1, 0.15) is 22.6 Å². The second kappa shape index (κ2) is 7.93. The number of phenols is 1. The number of aromatic hydroxyl groups is 1. The van der Waals surface area contributed by atoms with E-state index in [1.54, 1.807) is 24.3 Å². The molecule has 2 N–H and O–H groups in total. The van der Waals surface area contributed by atoms with E-state index in [-0.39, 0.29) is 11.7 Å². The highest BCUT2D eigenvalue weighted by Crippen LogP contribution is 2.24. The number of para-hydroxylation sites is 1. The third-order valence-corrected chi connectivity index (χ3v) is 3.84. The predicted molar refractivity (Wildman–Crippen MR) is 98.6 cm³/mol. The molecule has 0 saturated heterocycles. The molecular weight excluding hydrogens is 312 g/mol. The first-order valence-electron chi connectivity index (χ1n) is 7.96. The molecule has 25 heavy (non-hydrogen) atoms. The summed E-state index contributed by atoms with van der Waals surface area (Å²) >= 11 is 0. The van der Waals surface area contributed by atoms with Gasteiger partial charge in [0.25, 0.3) is 5.91 Å². The summed E-state index contributed by atoms with van der Waals surface area (Å²) in [5, 5.41) is 13.7. The molecule has 3 aromatic carbocycles. The molecule has 4 nitrogen and oxygen atoms in total. The van der Waals surface area contributed by atoms with Crippen LogP contribution in [0.3, 0.4) is 0 Å². The number of benzene rings is 3. The molecule has 0 aliphatic carbocycles. The molecule has 3 rings (SSSR count). The number of carbonyl (C=O) groups excluding carboxylic acids is 1. The molecule has 0 bridgehead atoms. The maximum atomic E-state index is 12.7. The summed E-state index contributed by atoms with van der Waals surface area (Å²) < 4.78 is 0. The van der Waals surface area contributed by atoms with E-state index in [4.69, 9.17) is 0 Å². The lowest BCUT2D eigenvalue weighted by atomic mass is 9.91. The average Bonchev–Trinajstić information content (AvgIpc) is 2.65. The minimum atomic E-state index is -0.455. The summed E-state index contributed by atoms with van der Waals surface area (Å²) in [4.78, 5) is 12.7. The van der Waals surface area contributed by atoms with Crippen molar-refractivity contribution in [1.82, 2.24) is 5.43 Å². The fourth-order valence-corrected chi connectivity index (χ4v) is 2.61. The van der Waals surface area contributed by atoms with Gasteiger partial charge in [0, 0.05) is 5.56 Å². The highest BCUT2D eigenvalue weighted by Gasteiger charge is 2.22. The first-order valence-corrected chi connectivity index (χ1v) is 7.96. The minimum absolute atomic E-state index is 0.114. The molecule has 4 heteroatoms. The van der Waals surface area contributed by atoms with Crippen LogP contribution in [0.4, 0.5) is 0 Å². The molecule has 1 amide bonds. The Morgan fingerprint density at radius 2 is 1.36 bits per heavy atom. The monoisotopic (exact) mass is 330 g/mol. The number of nitrogens with one attached hydrogen (secondary N) is 1. The molecular formula is C21H18N2O2. The van der Waals surface area contributed by atoms with Crippen LogP contribution in [0.5, 0.6) is 5.75 Å². The summed E-state index contributed by atoms with van der Waals surface area (Å²) in [6.45, 7) is 0. The van der Waals surface area contributed by atoms with Crippen LogP contribution in [-0.4, -0.2) is 17.2 Å². The molecule has 124 valence electrons. The summed E-state index contributed by atoms with van der Waals surface area (Å²) in [7, 11) is 0. The fraction of sp³-hybridized carbons (Fsp3) is 0.0476. The molecule has 3 aromatic rings. The van der Waals surface area contributed by atoms with E-state index in [0.29, 0.717) is 5.56 Å². The van der Waals surface area contributed by atoms with Crippen molar-refractivity contribution >= 4 is 12.1 Å². The zero-order valence-electron chi connectivity index (χ0n) is 13.5. The topological polar surface area (TPSA) is 61.7 Å². The Hall–Kier alpha value is -3.40. The molecule has 0 aliphatic rings. The Balaban J connectivity index is 1.82. The lowest BCUT2D eigenvalue weighted by molar-refractivity contribution is -0.121. The van der Waals surface area contributed by atoms with Crippen molar-refractivity contribution in [3.05, 3.63) is 102 Å². The SMILES string of the molecule is O=C(NN=Cc1ccccc1O)C(c1ccccc1)c1ccccc1. The summed E-state index contributed by atoms with van der Waals surface area (Å²) in [6, 6.07) is 25.9.